The average molecular weight is 439 g/mol. The van der Waals surface area contributed by atoms with Crippen molar-refractivity contribution in [3.63, 3.8) is 0 Å². The first-order valence-electron chi connectivity index (χ1n) is 10.8. The van der Waals surface area contributed by atoms with Crippen molar-refractivity contribution in [3.8, 4) is 0 Å². The predicted molar refractivity (Wildman–Crippen MR) is 126 cm³/mol. The number of anilines is 1. The van der Waals surface area contributed by atoms with E-state index in [1.807, 2.05) is 32.0 Å². The molecule has 2 fully saturated rings. The van der Waals surface area contributed by atoms with E-state index in [1.54, 1.807) is 0 Å². The molecule has 2 saturated heterocycles. The fourth-order valence-electron chi connectivity index (χ4n) is 4.33. The zero-order chi connectivity index (χ0) is 21.8. The molecule has 2 aromatic rings. The largest absolute Gasteiger partial charge is 0.331 e. The summed E-state index contributed by atoms with van der Waals surface area (Å²) in [5, 5.41) is 9.54. The Morgan fingerprint density at radius 2 is 2.00 bits per heavy atom. The normalized spacial score (nSPS) is 23.7. The molecule has 0 saturated carbocycles. The van der Waals surface area contributed by atoms with E-state index in [9.17, 15) is 9.59 Å². The van der Waals surface area contributed by atoms with Crippen LogP contribution < -0.4 is 16.0 Å². The average Bonchev–Trinajstić information content (AvgIpc) is 2.75. The summed E-state index contributed by atoms with van der Waals surface area (Å²) in [7, 11) is 0. The molecule has 0 spiro atoms. The van der Waals surface area contributed by atoms with Crippen LogP contribution in [0.25, 0.3) is 0 Å². The van der Waals surface area contributed by atoms with Crippen LogP contribution in [0.2, 0.25) is 0 Å². The van der Waals surface area contributed by atoms with E-state index in [0.717, 1.165) is 37.3 Å². The molecule has 4 rings (SSSR count). The molecule has 0 aromatic heterocycles. The second-order valence-corrected chi connectivity index (χ2v) is 9.55. The molecule has 2 heterocycles. The number of hydrogen-bond donors (Lipinski definition) is 3. The first-order chi connectivity index (χ1) is 15.0. The summed E-state index contributed by atoms with van der Waals surface area (Å²) in [5.74, 6) is 0.239. The number of thioether (sulfide) groups is 1. The van der Waals surface area contributed by atoms with Crippen LogP contribution in [0.4, 0.5) is 5.69 Å². The maximum Gasteiger partial charge on any atom is 0.234 e. The van der Waals surface area contributed by atoms with Crippen molar-refractivity contribution in [2.45, 2.75) is 38.4 Å². The minimum Gasteiger partial charge on any atom is -0.331 e. The van der Waals surface area contributed by atoms with Gasteiger partial charge in [0.2, 0.25) is 11.8 Å². The predicted octanol–water partition coefficient (Wildman–Crippen LogP) is 2.87. The number of carbonyl (C=O) groups is 2. The van der Waals surface area contributed by atoms with Crippen molar-refractivity contribution in [1.29, 1.82) is 0 Å². The van der Waals surface area contributed by atoms with Crippen LogP contribution in [0.1, 0.15) is 23.1 Å². The van der Waals surface area contributed by atoms with Gasteiger partial charge in [-0.3, -0.25) is 19.8 Å². The Morgan fingerprint density at radius 1 is 1.19 bits per heavy atom. The van der Waals surface area contributed by atoms with E-state index in [1.165, 1.54) is 22.9 Å². The molecule has 31 heavy (non-hydrogen) atoms. The summed E-state index contributed by atoms with van der Waals surface area (Å²) in [4.78, 5) is 27.5. The number of nitrogens with zero attached hydrogens (tertiary/aromatic N) is 1. The van der Waals surface area contributed by atoms with E-state index in [0.29, 0.717) is 0 Å². The molecule has 2 aromatic carbocycles. The van der Waals surface area contributed by atoms with Crippen molar-refractivity contribution < 1.29 is 9.59 Å². The lowest BCUT2D eigenvalue weighted by atomic mass is 9.89. The molecule has 3 N–H and O–H groups in total. The Morgan fingerprint density at radius 3 is 2.77 bits per heavy atom. The van der Waals surface area contributed by atoms with Crippen LogP contribution >= 0.6 is 11.8 Å². The number of amides is 2. The van der Waals surface area contributed by atoms with Gasteiger partial charge >= 0.3 is 0 Å². The minimum absolute atomic E-state index is 0.0571. The summed E-state index contributed by atoms with van der Waals surface area (Å²) in [5.41, 5.74) is 4.09. The minimum atomic E-state index is -0.237. The van der Waals surface area contributed by atoms with Gasteiger partial charge in [0.05, 0.1) is 11.7 Å². The third-order valence-corrected chi connectivity index (χ3v) is 6.97. The molecule has 2 aliphatic heterocycles. The highest BCUT2D eigenvalue weighted by atomic mass is 32.2. The summed E-state index contributed by atoms with van der Waals surface area (Å²) >= 11 is 1.43. The Kier molecular flexibility index (Phi) is 6.95. The lowest BCUT2D eigenvalue weighted by Gasteiger charge is -2.43. The van der Waals surface area contributed by atoms with Gasteiger partial charge in [0, 0.05) is 31.4 Å². The van der Waals surface area contributed by atoms with Crippen LogP contribution in [0.5, 0.6) is 0 Å². The number of nitrogens with one attached hydrogen (secondary N) is 3. The zero-order valence-corrected chi connectivity index (χ0v) is 18.9. The highest BCUT2D eigenvalue weighted by Gasteiger charge is 2.39. The number of aryl methyl sites for hydroxylation is 2. The highest BCUT2D eigenvalue weighted by molar-refractivity contribution is 8.00. The Bertz CT molecular complexity index is 936. The fourth-order valence-corrected chi connectivity index (χ4v) is 5.19. The number of piperidine rings is 1. The Labute approximate surface area is 188 Å². The topological polar surface area (TPSA) is 73.5 Å². The summed E-state index contributed by atoms with van der Waals surface area (Å²) < 4.78 is 0. The third kappa shape index (κ3) is 5.67. The van der Waals surface area contributed by atoms with Gasteiger partial charge in [0.25, 0.3) is 0 Å². The summed E-state index contributed by atoms with van der Waals surface area (Å²) in [6.07, 6.45) is 0.927. The first-order valence-corrected chi connectivity index (χ1v) is 11.8. The SMILES string of the molecule is Cc1ccc(NC(=O)CSC2NC(=O)C3CN(Cc4ccccc4)CCC3N2)c(C)c1. The van der Waals surface area contributed by atoms with Gasteiger partial charge in [-0.05, 0) is 37.5 Å². The molecule has 3 unspecified atom stereocenters. The summed E-state index contributed by atoms with van der Waals surface area (Å²) in [6, 6.07) is 16.5. The summed E-state index contributed by atoms with van der Waals surface area (Å²) in [6.45, 7) is 6.60. The van der Waals surface area contributed by atoms with Gasteiger partial charge in [-0.15, -0.1) is 11.8 Å². The van der Waals surface area contributed by atoms with E-state index < -0.39 is 0 Å². The van der Waals surface area contributed by atoms with Crippen LogP contribution in [0.15, 0.2) is 48.5 Å². The molecular formula is C24H30N4O2S. The number of benzene rings is 2. The molecule has 0 radical (unpaired) electrons. The van der Waals surface area contributed by atoms with Crippen LogP contribution in [0, 0.1) is 19.8 Å². The van der Waals surface area contributed by atoms with Gasteiger partial charge in [-0.1, -0.05) is 48.0 Å². The fraction of sp³-hybridized carbons (Fsp3) is 0.417. The van der Waals surface area contributed by atoms with E-state index in [2.05, 4.69) is 51.2 Å². The second kappa shape index (κ2) is 9.85. The maximum absolute atomic E-state index is 12.8. The van der Waals surface area contributed by atoms with E-state index in [-0.39, 0.29) is 35.0 Å². The number of fused-ring (bicyclic) bond motifs is 1. The number of rotatable bonds is 6. The highest BCUT2D eigenvalue weighted by Crippen LogP contribution is 2.25. The van der Waals surface area contributed by atoms with Gasteiger partial charge in [0.15, 0.2) is 0 Å². The molecule has 164 valence electrons. The number of likely N-dealkylation sites (tertiary alicyclic amines) is 1. The van der Waals surface area contributed by atoms with Crippen molar-refractivity contribution in [2.75, 3.05) is 24.2 Å². The van der Waals surface area contributed by atoms with Crippen molar-refractivity contribution in [3.05, 3.63) is 65.2 Å². The van der Waals surface area contributed by atoms with Gasteiger partial charge in [-0.2, -0.15) is 0 Å². The quantitative estimate of drug-likeness (QED) is 0.647. The van der Waals surface area contributed by atoms with Gasteiger partial charge < -0.3 is 10.6 Å². The van der Waals surface area contributed by atoms with Crippen molar-refractivity contribution in [1.82, 2.24) is 15.5 Å². The monoisotopic (exact) mass is 438 g/mol. The molecule has 3 atom stereocenters. The standard InChI is InChI=1S/C24H30N4O2S/c1-16-8-9-20(17(2)12-16)25-22(29)15-31-24-26-21-10-11-28(14-19(21)23(30)27-24)13-18-6-4-3-5-7-18/h3-9,12,19,21,24,26H,10-11,13-15H2,1-2H3,(H,25,29)(H,27,30). The third-order valence-electron chi connectivity index (χ3n) is 5.96. The molecule has 6 nitrogen and oxygen atoms in total. The van der Waals surface area contributed by atoms with Crippen LogP contribution in [0.3, 0.4) is 0 Å². The molecule has 2 amide bonds. The molecule has 0 aliphatic carbocycles. The van der Waals surface area contributed by atoms with Gasteiger partial charge in [0.1, 0.15) is 5.50 Å². The van der Waals surface area contributed by atoms with Crippen molar-refractivity contribution in [2.24, 2.45) is 5.92 Å². The Balaban J connectivity index is 1.26. The Hall–Kier alpha value is -2.35. The molecule has 2 aliphatic rings. The van der Waals surface area contributed by atoms with Crippen molar-refractivity contribution >= 4 is 29.3 Å². The van der Waals surface area contributed by atoms with Crippen LogP contribution in [-0.4, -0.2) is 47.1 Å². The smallest absolute Gasteiger partial charge is 0.234 e. The zero-order valence-electron chi connectivity index (χ0n) is 18.1. The van der Waals surface area contributed by atoms with Gasteiger partial charge in [-0.25, -0.2) is 0 Å². The van der Waals surface area contributed by atoms with E-state index >= 15 is 0 Å². The van der Waals surface area contributed by atoms with E-state index in [4.69, 9.17) is 0 Å². The first kappa shape index (κ1) is 21.9. The maximum atomic E-state index is 12.8. The lowest BCUT2D eigenvalue weighted by molar-refractivity contribution is -0.130. The second-order valence-electron chi connectivity index (χ2n) is 8.46. The molecule has 0 bridgehead atoms. The van der Waals surface area contributed by atoms with Crippen LogP contribution in [-0.2, 0) is 16.1 Å². The molecule has 7 heteroatoms. The molecular weight excluding hydrogens is 408 g/mol. The number of hydrogen-bond acceptors (Lipinski definition) is 5. The lowest BCUT2D eigenvalue weighted by Crippen LogP contribution is -2.64. The number of carbonyl (C=O) groups excluding carboxylic acids is 2.